The minimum absolute atomic E-state index is 0.0704. The van der Waals surface area contributed by atoms with Gasteiger partial charge < -0.3 is 19.7 Å². The molecule has 1 unspecified atom stereocenters. The molecular formula is C21H24N4O6S. The van der Waals surface area contributed by atoms with E-state index in [1.165, 1.54) is 18.2 Å². The topological polar surface area (TPSA) is 131 Å². The number of sulfonamides is 1. The molecule has 1 saturated heterocycles. The minimum Gasteiger partial charge on any atom is -0.485 e. The Morgan fingerprint density at radius 2 is 1.75 bits per heavy atom. The van der Waals surface area contributed by atoms with Gasteiger partial charge in [-0.1, -0.05) is 18.2 Å². The number of nitrogens with two attached hydrogens (primary N) is 1. The number of nitrogens with zero attached hydrogens (tertiary/aromatic N) is 2. The summed E-state index contributed by atoms with van der Waals surface area (Å²) in [7, 11) is -3.85. The third kappa shape index (κ3) is 5.18. The molecule has 10 nitrogen and oxygen atoms in total. The van der Waals surface area contributed by atoms with Crippen LogP contribution in [0.1, 0.15) is 0 Å². The van der Waals surface area contributed by atoms with Gasteiger partial charge in [-0.05, 0) is 30.3 Å². The first-order valence-electron chi connectivity index (χ1n) is 10.1. The molecule has 32 heavy (non-hydrogen) atoms. The Morgan fingerprint density at radius 1 is 1.03 bits per heavy atom. The van der Waals surface area contributed by atoms with Crippen LogP contribution in [0.4, 0.5) is 5.69 Å². The molecule has 3 N–H and O–H groups in total. The SMILES string of the molecule is NS(=O)(=O)c1cccc(NC(=O)CN2CCN(C(=O)C3COc4ccccc4O3)CC2)c1. The fourth-order valence-electron chi connectivity index (χ4n) is 3.63. The number of piperazine rings is 1. The minimum atomic E-state index is -3.85. The number of hydrogen-bond acceptors (Lipinski definition) is 7. The molecule has 2 aromatic rings. The quantitative estimate of drug-likeness (QED) is 0.654. The van der Waals surface area contributed by atoms with Crippen LogP contribution in [0.25, 0.3) is 0 Å². The number of primary sulfonamides is 1. The van der Waals surface area contributed by atoms with Crippen molar-refractivity contribution < 1.29 is 27.5 Å². The Labute approximate surface area is 185 Å². The predicted molar refractivity (Wildman–Crippen MR) is 116 cm³/mol. The van der Waals surface area contributed by atoms with Gasteiger partial charge in [0.1, 0.15) is 6.61 Å². The summed E-state index contributed by atoms with van der Waals surface area (Å²) < 4.78 is 34.3. The number of fused-ring (bicyclic) bond motifs is 1. The van der Waals surface area contributed by atoms with Crippen LogP contribution in [0.15, 0.2) is 53.4 Å². The molecule has 0 saturated carbocycles. The number of benzene rings is 2. The largest absolute Gasteiger partial charge is 0.485 e. The molecule has 0 radical (unpaired) electrons. The summed E-state index contributed by atoms with van der Waals surface area (Å²) in [5.74, 6) is 0.765. The highest BCUT2D eigenvalue weighted by atomic mass is 32.2. The molecule has 0 bridgehead atoms. The lowest BCUT2D eigenvalue weighted by Gasteiger charge is -2.36. The molecular weight excluding hydrogens is 436 g/mol. The van der Waals surface area contributed by atoms with Gasteiger partial charge in [0.25, 0.3) is 5.91 Å². The van der Waals surface area contributed by atoms with E-state index in [0.29, 0.717) is 43.4 Å². The van der Waals surface area contributed by atoms with E-state index in [-0.39, 0.29) is 29.9 Å². The Morgan fingerprint density at radius 3 is 2.47 bits per heavy atom. The second-order valence-electron chi connectivity index (χ2n) is 7.59. The zero-order valence-electron chi connectivity index (χ0n) is 17.3. The molecule has 0 aliphatic carbocycles. The van der Waals surface area contributed by atoms with E-state index in [1.54, 1.807) is 23.1 Å². The molecule has 1 fully saturated rings. The highest BCUT2D eigenvalue weighted by molar-refractivity contribution is 7.89. The Kier molecular flexibility index (Phi) is 6.31. The van der Waals surface area contributed by atoms with Crippen LogP contribution >= 0.6 is 0 Å². The Bertz CT molecular complexity index is 1110. The molecule has 0 spiro atoms. The van der Waals surface area contributed by atoms with Gasteiger partial charge in [-0.2, -0.15) is 0 Å². The fraction of sp³-hybridized carbons (Fsp3) is 0.333. The van der Waals surface area contributed by atoms with Gasteiger partial charge in [-0.3, -0.25) is 14.5 Å². The van der Waals surface area contributed by atoms with Gasteiger partial charge in [0, 0.05) is 31.9 Å². The van der Waals surface area contributed by atoms with Gasteiger partial charge in [0.05, 0.1) is 11.4 Å². The van der Waals surface area contributed by atoms with Crippen molar-refractivity contribution in [2.45, 2.75) is 11.0 Å². The number of ether oxygens (including phenoxy) is 2. The van der Waals surface area contributed by atoms with E-state index in [0.717, 1.165) is 0 Å². The highest BCUT2D eigenvalue weighted by Crippen LogP contribution is 2.31. The van der Waals surface area contributed by atoms with E-state index >= 15 is 0 Å². The van der Waals surface area contributed by atoms with Crippen molar-refractivity contribution in [3.63, 3.8) is 0 Å². The molecule has 11 heteroatoms. The highest BCUT2D eigenvalue weighted by Gasteiger charge is 2.32. The van der Waals surface area contributed by atoms with Crippen LogP contribution in [0.3, 0.4) is 0 Å². The van der Waals surface area contributed by atoms with Crippen LogP contribution in [-0.2, 0) is 19.6 Å². The first-order chi connectivity index (χ1) is 15.3. The fourth-order valence-corrected chi connectivity index (χ4v) is 4.19. The number of nitrogens with one attached hydrogen (secondary N) is 1. The number of anilines is 1. The number of amides is 2. The van der Waals surface area contributed by atoms with Crippen molar-refractivity contribution in [3.8, 4) is 11.5 Å². The zero-order chi connectivity index (χ0) is 22.7. The van der Waals surface area contributed by atoms with Gasteiger partial charge in [-0.15, -0.1) is 0 Å². The van der Waals surface area contributed by atoms with Crippen molar-refractivity contribution in [2.75, 3.05) is 44.6 Å². The number of rotatable bonds is 5. The Balaban J connectivity index is 1.26. The number of carbonyl (C=O) groups excluding carboxylic acids is 2. The molecule has 2 amide bonds. The molecule has 2 aliphatic rings. The maximum atomic E-state index is 12.8. The maximum absolute atomic E-state index is 12.8. The second-order valence-corrected chi connectivity index (χ2v) is 9.15. The summed E-state index contributed by atoms with van der Waals surface area (Å²) in [5, 5.41) is 7.80. The molecule has 4 rings (SSSR count). The van der Waals surface area contributed by atoms with Gasteiger partial charge in [0.2, 0.25) is 22.0 Å². The van der Waals surface area contributed by atoms with Crippen LogP contribution in [-0.4, -0.2) is 75.5 Å². The third-order valence-electron chi connectivity index (χ3n) is 5.28. The van der Waals surface area contributed by atoms with E-state index in [1.807, 2.05) is 17.0 Å². The summed E-state index contributed by atoms with van der Waals surface area (Å²) in [5.41, 5.74) is 0.352. The lowest BCUT2D eigenvalue weighted by atomic mass is 10.2. The average molecular weight is 461 g/mol. The first kappa shape index (κ1) is 22.1. The van der Waals surface area contributed by atoms with E-state index in [4.69, 9.17) is 14.6 Å². The summed E-state index contributed by atoms with van der Waals surface area (Å²) in [6.45, 7) is 2.28. The monoisotopic (exact) mass is 460 g/mol. The standard InChI is InChI=1S/C21H24N4O6S/c22-32(28,29)16-5-3-4-15(12-16)23-20(26)13-24-8-10-25(11-9-24)21(27)19-14-30-17-6-1-2-7-18(17)31-19/h1-7,12,19H,8-11,13-14H2,(H,23,26)(H2,22,28,29). The molecule has 2 aromatic carbocycles. The van der Waals surface area contributed by atoms with Crippen molar-refractivity contribution in [1.82, 2.24) is 9.80 Å². The Hall–Kier alpha value is -3.15. The van der Waals surface area contributed by atoms with Crippen LogP contribution in [0.5, 0.6) is 11.5 Å². The normalized spacial score (nSPS) is 18.8. The molecule has 1 atom stereocenters. The van der Waals surface area contributed by atoms with Crippen LogP contribution < -0.4 is 19.9 Å². The summed E-state index contributed by atoms with van der Waals surface area (Å²) in [4.78, 5) is 28.8. The van der Waals surface area contributed by atoms with E-state index < -0.39 is 16.1 Å². The third-order valence-corrected chi connectivity index (χ3v) is 6.19. The van der Waals surface area contributed by atoms with Gasteiger partial charge in [0.15, 0.2) is 11.5 Å². The maximum Gasteiger partial charge on any atom is 0.267 e. The molecule has 2 aliphatic heterocycles. The molecule has 170 valence electrons. The summed E-state index contributed by atoms with van der Waals surface area (Å²) in [6.07, 6.45) is -0.689. The lowest BCUT2D eigenvalue weighted by Crippen LogP contribution is -2.54. The number of hydrogen-bond donors (Lipinski definition) is 2. The van der Waals surface area contributed by atoms with E-state index in [2.05, 4.69) is 5.32 Å². The first-order valence-corrected chi connectivity index (χ1v) is 11.7. The van der Waals surface area contributed by atoms with E-state index in [9.17, 15) is 18.0 Å². The smallest absolute Gasteiger partial charge is 0.267 e. The summed E-state index contributed by atoms with van der Waals surface area (Å²) >= 11 is 0. The lowest BCUT2D eigenvalue weighted by molar-refractivity contribution is -0.143. The van der Waals surface area contributed by atoms with Crippen molar-refractivity contribution in [2.24, 2.45) is 5.14 Å². The molecule has 0 aromatic heterocycles. The number of para-hydroxylation sites is 2. The van der Waals surface area contributed by atoms with Crippen LogP contribution in [0.2, 0.25) is 0 Å². The zero-order valence-corrected chi connectivity index (χ0v) is 18.1. The predicted octanol–water partition coefficient (Wildman–Crippen LogP) is 0.257. The van der Waals surface area contributed by atoms with Crippen LogP contribution in [0, 0.1) is 0 Å². The van der Waals surface area contributed by atoms with Gasteiger partial charge >= 0.3 is 0 Å². The second kappa shape index (κ2) is 9.15. The average Bonchev–Trinajstić information content (AvgIpc) is 2.78. The summed E-state index contributed by atoms with van der Waals surface area (Å²) in [6, 6.07) is 13.0. The van der Waals surface area contributed by atoms with Gasteiger partial charge in [-0.25, -0.2) is 13.6 Å². The van der Waals surface area contributed by atoms with Crippen molar-refractivity contribution in [1.29, 1.82) is 0 Å². The molecule has 2 heterocycles. The van der Waals surface area contributed by atoms with Crippen molar-refractivity contribution >= 4 is 27.5 Å². The van der Waals surface area contributed by atoms with Crippen molar-refractivity contribution in [3.05, 3.63) is 48.5 Å². The number of carbonyl (C=O) groups is 2.